The minimum Gasteiger partial charge on any atom is -0.423 e. The van der Waals surface area contributed by atoms with Gasteiger partial charge in [-0.25, -0.2) is 4.79 Å². The molecule has 0 spiro atoms. The number of amides is 1. The van der Waals surface area contributed by atoms with Crippen molar-refractivity contribution in [2.75, 3.05) is 18.0 Å². The molecule has 2 aliphatic rings. The Hall–Kier alpha value is -2.04. The zero-order valence-corrected chi connectivity index (χ0v) is 12.9. The van der Waals surface area contributed by atoms with Gasteiger partial charge in [-0.15, -0.1) is 0 Å². The van der Waals surface area contributed by atoms with Crippen molar-refractivity contribution >= 4 is 17.6 Å². The van der Waals surface area contributed by atoms with Crippen molar-refractivity contribution in [3.8, 4) is 5.75 Å². The molecule has 3 rings (SSSR count). The first-order valence-corrected chi connectivity index (χ1v) is 7.97. The van der Waals surface area contributed by atoms with Gasteiger partial charge in [0.2, 0.25) is 5.91 Å². The number of hydrogen-bond donors (Lipinski definition) is 1. The van der Waals surface area contributed by atoms with Crippen molar-refractivity contribution in [1.82, 2.24) is 5.32 Å². The maximum absolute atomic E-state index is 12.3. The summed E-state index contributed by atoms with van der Waals surface area (Å²) >= 11 is 0. The van der Waals surface area contributed by atoms with E-state index in [4.69, 9.17) is 4.74 Å². The van der Waals surface area contributed by atoms with E-state index in [1.54, 1.807) is 11.0 Å². The first-order chi connectivity index (χ1) is 10.6. The minimum absolute atomic E-state index is 0.0248. The first-order valence-electron chi connectivity index (χ1n) is 7.97. The molecule has 1 aromatic rings. The molecule has 1 aliphatic heterocycles. The number of ether oxygens (including phenoxy) is 1. The van der Waals surface area contributed by atoms with Gasteiger partial charge in [0.05, 0.1) is 12.2 Å². The lowest BCUT2D eigenvalue weighted by Gasteiger charge is -2.32. The third kappa shape index (κ3) is 3.24. The predicted octanol–water partition coefficient (Wildman–Crippen LogP) is 2.11. The van der Waals surface area contributed by atoms with E-state index >= 15 is 0 Å². The second-order valence-corrected chi connectivity index (χ2v) is 6.23. The van der Waals surface area contributed by atoms with Gasteiger partial charge in [-0.2, -0.15) is 0 Å². The number of hydrogen-bond acceptors (Lipinski definition) is 4. The fraction of sp³-hybridized carbons (Fsp3) is 0.529. The molecule has 118 valence electrons. The number of para-hydroxylation sites is 2. The Morgan fingerprint density at radius 3 is 2.91 bits per heavy atom. The Bertz CT molecular complexity index is 573. The number of esters is 1. The third-order valence-electron chi connectivity index (χ3n) is 4.54. The highest BCUT2D eigenvalue weighted by Gasteiger charge is 2.27. The summed E-state index contributed by atoms with van der Waals surface area (Å²) in [5, 5.41) is 3.13. The number of rotatable bonds is 3. The largest absolute Gasteiger partial charge is 0.423 e. The maximum Gasteiger partial charge on any atom is 0.331 e. The van der Waals surface area contributed by atoms with Crippen LogP contribution in [-0.4, -0.2) is 31.0 Å². The number of anilines is 1. The summed E-state index contributed by atoms with van der Waals surface area (Å²) < 4.78 is 5.20. The fourth-order valence-corrected chi connectivity index (χ4v) is 3.30. The Morgan fingerprint density at radius 2 is 2.09 bits per heavy atom. The lowest BCUT2D eigenvalue weighted by Crippen LogP contribution is -2.48. The van der Waals surface area contributed by atoms with Crippen LogP contribution in [0.25, 0.3) is 0 Å². The van der Waals surface area contributed by atoms with E-state index in [0.29, 0.717) is 11.7 Å². The first kappa shape index (κ1) is 14.9. The molecule has 1 aliphatic carbocycles. The smallest absolute Gasteiger partial charge is 0.331 e. The fourth-order valence-electron chi connectivity index (χ4n) is 3.30. The number of carbonyl (C=O) groups excluding carboxylic acids is 2. The van der Waals surface area contributed by atoms with Crippen molar-refractivity contribution in [2.24, 2.45) is 5.92 Å². The second-order valence-electron chi connectivity index (χ2n) is 6.23. The van der Waals surface area contributed by atoms with Crippen LogP contribution in [0.5, 0.6) is 5.75 Å². The van der Waals surface area contributed by atoms with E-state index < -0.39 is 0 Å². The highest BCUT2D eigenvalue weighted by Crippen LogP contribution is 2.31. The van der Waals surface area contributed by atoms with Crippen molar-refractivity contribution in [1.29, 1.82) is 0 Å². The van der Waals surface area contributed by atoms with Gasteiger partial charge in [0.1, 0.15) is 6.54 Å². The molecule has 2 unspecified atom stereocenters. The topological polar surface area (TPSA) is 58.6 Å². The van der Waals surface area contributed by atoms with Crippen LogP contribution in [0.3, 0.4) is 0 Å². The predicted molar refractivity (Wildman–Crippen MR) is 83.9 cm³/mol. The molecule has 0 radical (unpaired) electrons. The number of nitrogens with one attached hydrogen (secondary N) is 1. The molecule has 2 atom stereocenters. The Balaban J connectivity index is 1.65. The number of carbonyl (C=O) groups is 2. The van der Waals surface area contributed by atoms with Crippen LogP contribution in [-0.2, 0) is 9.59 Å². The molecule has 22 heavy (non-hydrogen) atoms. The van der Waals surface area contributed by atoms with E-state index in [9.17, 15) is 9.59 Å². The molecule has 0 bridgehead atoms. The van der Waals surface area contributed by atoms with Gasteiger partial charge in [-0.1, -0.05) is 31.9 Å². The lowest BCUT2D eigenvalue weighted by atomic mass is 9.86. The van der Waals surface area contributed by atoms with E-state index in [1.807, 2.05) is 18.2 Å². The summed E-state index contributed by atoms with van der Waals surface area (Å²) in [6, 6.07) is 7.58. The van der Waals surface area contributed by atoms with Crippen molar-refractivity contribution < 1.29 is 14.3 Å². The van der Waals surface area contributed by atoms with Crippen molar-refractivity contribution in [3.63, 3.8) is 0 Å². The summed E-state index contributed by atoms with van der Waals surface area (Å²) in [5.74, 6) is 0.703. The number of nitrogens with zero attached hydrogens (tertiary/aromatic N) is 1. The number of benzene rings is 1. The summed E-state index contributed by atoms with van der Waals surface area (Å²) in [4.78, 5) is 25.8. The monoisotopic (exact) mass is 302 g/mol. The van der Waals surface area contributed by atoms with E-state index in [1.165, 1.54) is 19.3 Å². The van der Waals surface area contributed by atoms with Gasteiger partial charge in [-0.3, -0.25) is 4.79 Å². The maximum atomic E-state index is 12.3. The Labute approximate surface area is 130 Å². The second kappa shape index (κ2) is 6.38. The van der Waals surface area contributed by atoms with Gasteiger partial charge >= 0.3 is 5.97 Å². The molecule has 1 amide bonds. The standard InChI is InChI=1S/C17H22N2O3/c1-12-6-2-3-7-13(12)18-16(20)10-19-11-17(21)22-15-9-5-4-8-14(15)19/h4-5,8-9,12-13H,2-3,6-7,10-11H2,1H3,(H,18,20). The molecular formula is C17H22N2O3. The average molecular weight is 302 g/mol. The molecule has 0 aromatic heterocycles. The molecule has 1 aromatic carbocycles. The normalized spacial score (nSPS) is 24.4. The molecular weight excluding hydrogens is 280 g/mol. The summed E-state index contributed by atoms with van der Waals surface area (Å²) in [7, 11) is 0. The van der Waals surface area contributed by atoms with Gasteiger partial charge in [0.15, 0.2) is 5.75 Å². The van der Waals surface area contributed by atoms with Gasteiger partial charge < -0.3 is 15.0 Å². The third-order valence-corrected chi connectivity index (χ3v) is 4.54. The van der Waals surface area contributed by atoms with Crippen LogP contribution in [0.1, 0.15) is 32.6 Å². The van der Waals surface area contributed by atoms with Crippen LogP contribution in [0.15, 0.2) is 24.3 Å². The summed E-state index contributed by atoms with van der Waals surface area (Å²) in [5.41, 5.74) is 0.800. The molecule has 1 fully saturated rings. The molecule has 1 saturated carbocycles. The molecule has 1 N–H and O–H groups in total. The van der Waals surface area contributed by atoms with Crippen molar-refractivity contribution in [3.05, 3.63) is 24.3 Å². The Kier molecular flexibility index (Phi) is 4.32. The molecule has 0 saturated heterocycles. The minimum atomic E-state index is -0.322. The lowest BCUT2D eigenvalue weighted by molar-refractivity contribution is -0.133. The summed E-state index contributed by atoms with van der Waals surface area (Å²) in [6.07, 6.45) is 4.64. The zero-order chi connectivity index (χ0) is 15.5. The van der Waals surface area contributed by atoms with Gasteiger partial charge in [0, 0.05) is 6.04 Å². The van der Waals surface area contributed by atoms with Crippen molar-refractivity contribution in [2.45, 2.75) is 38.6 Å². The molecule has 5 heteroatoms. The van der Waals surface area contributed by atoms with E-state index in [0.717, 1.165) is 12.1 Å². The van der Waals surface area contributed by atoms with Gasteiger partial charge in [0.25, 0.3) is 0 Å². The highest BCUT2D eigenvalue weighted by molar-refractivity contribution is 5.89. The summed E-state index contributed by atoms with van der Waals surface area (Å²) in [6.45, 7) is 2.50. The molecule has 1 heterocycles. The van der Waals surface area contributed by atoms with Crippen LogP contribution in [0, 0.1) is 5.92 Å². The SMILES string of the molecule is CC1CCCCC1NC(=O)CN1CC(=O)Oc2ccccc21. The molecule has 5 nitrogen and oxygen atoms in total. The van der Waals surface area contributed by atoms with Crippen LogP contribution >= 0.6 is 0 Å². The quantitative estimate of drug-likeness (QED) is 0.686. The average Bonchev–Trinajstić information content (AvgIpc) is 2.49. The number of fused-ring (bicyclic) bond motifs is 1. The zero-order valence-electron chi connectivity index (χ0n) is 12.9. The van der Waals surface area contributed by atoms with E-state index in [2.05, 4.69) is 12.2 Å². The van der Waals surface area contributed by atoms with Crippen LogP contribution < -0.4 is 15.0 Å². The van der Waals surface area contributed by atoms with Crippen LogP contribution in [0.4, 0.5) is 5.69 Å². The highest BCUT2D eigenvalue weighted by atomic mass is 16.5. The van der Waals surface area contributed by atoms with Gasteiger partial charge in [-0.05, 0) is 30.9 Å². The Morgan fingerprint density at radius 1 is 1.32 bits per heavy atom. The van der Waals surface area contributed by atoms with Crippen LogP contribution in [0.2, 0.25) is 0 Å². The van der Waals surface area contributed by atoms with E-state index in [-0.39, 0.29) is 31.0 Å².